The summed E-state index contributed by atoms with van der Waals surface area (Å²) in [5, 5.41) is 0. The summed E-state index contributed by atoms with van der Waals surface area (Å²) in [7, 11) is 0. The molecular formula is C10H12F4O6. The Labute approximate surface area is 110 Å². The fraction of sp³-hybridized carbons (Fsp3) is 0.800. The lowest BCUT2D eigenvalue weighted by Gasteiger charge is -2.37. The standard InChI is InChI=1S/C10H12F4O6/c1-4(15)18-6-3-17-9(20-10(12,13)14)7(11)8(6)19-5(2)16/h6-9H,3H2,1-2H3. The van der Waals surface area contributed by atoms with Gasteiger partial charge in [0.25, 0.3) is 0 Å². The normalized spacial score (nSPS) is 30.7. The van der Waals surface area contributed by atoms with Crippen LogP contribution in [0, 0.1) is 0 Å². The Morgan fingerprint density at radius 2 is 1.70 bits per heavy atom. The number of rotatable bonds is 3. The molecule has 0 aliphatic carbocycles. The van der Waals surface area contributed by atoms with Crippen LogP contribution in [0.1, 0.15) is 13.8 Å². The molecule has 4 unspecified atom stereocenters. The monoisotopic (exact) mass is 304 g/mol. The van der Waals surface area contributed by atoms with E-state index in [-0.39, 0.29) is 0 Å². The van der Waals surface area contributed by atoms with Crippen molar-refractivity contribution in [2.75, 3.05) is 6.61 Å². The maximum atomic E-state index is 13.9. The smallest absolute Gasteiger partial charge is 0.456 e. The molecule has 0 bridgehead atoms. The summed E-state index contributed by atoms with van der Waals surface area (Å²) in [6, 6.07) is 0. The highest BCUT2D eigenvalue weighted by Crippen LogP contribution is 2.29. The largest absolute Gasteiger partial charge is 0.524 e. The van der Waals surface area contributed by atoms with Gasteiger partial charge in [0.2, 0.25) is 6.29 Å². The lowest BCUT2D eigenvalue weighted by atomic mass is 10.1. The Morgan fingerprint density at radius 3 is 2.15 bits per heavy atom. The molecule has 0 aromatic heterocycles. The van der Waals surface area contributed by atoms with Crippen molar-refractivity contribution in [2.24, 2.45) is 0 Å². The molecule has 1 saturated heterocycles. The van der Waals surface area contributed by atoms with E-state index in [2.05, 4.69) is 18.9 Å². The van der Waals surface area contributed by atoms with E-state index < -0.39 is 49.6 Å². The second-order valence-corrected chi connectivity index (χ2v) is 3.93. The first kappa shape index (κ1) is 16.6. The highest BCUT2D eigenvalue weighted by atomic mass is 19.4. The van der Waals surface area contributed by atoms with Crippen LogP contribution in [-0.4, -0.2) is 49.6 Å². The Balaban J connectivity index is 2.81. The third-order valence-electron chi connectivity index (χ3n) is 2.23. The van der Waals surface area contributed by atoms with Gasteiger partial charge in [-0.3, -0.25) is 14.3 Å². The molecular weight excluding hydrogens is 292 g/mol. The highest BCUT2D eigenvalue weighted by Gasteiger charge is 2.49. The van der Waals surface area contributed by atoms with Gasteiger partial charge in [-0.25, -0.2) is 4.39 Å². The van der Waals surface area contributed by atoms with Gasteiger partial charge in [-0.15, -0.1) is 13.2 Å². The zero-order valence-corrected chi connectivity index (χ0v) is 10.5. The number of hydrogen-bond acceptors (Lipinski definition) is 6. The van der Waals surface area contributed by atoms with E-state index in [1.807, 2.05) is 0 Å². The third kappa shape index (κ3) is 4.93. The number of esters is 2. The zero-order chi connectivity index (χ0) is 15.5. The Bertz CT molecular complexity index is 371. The molecule has 0 saturated carbocycles. The van der Waals surface area contributed by atoms with Gasteiger partial charge in [-0.05, 0) is 0 Å². The molecule has 0 N–H and O–H groups in total. The van der Waals surface area contributed by atoms with Crippen LogP contribution in [-0.2, 0) is 28.5 Å². The van der Waals surface area contributed by atoms with E-state index in [1.54, 1.807) is 0 Å². The maximum absolute atomic E-state index is 13.9. The second-order valence-electron chi connectivity index (χ2n) is 3.93. The van der Waals surface area contributed by atoms with Crippen molar-refractivity contribution in [3.63, 3.8) is 0 Å². The summed E-state index contributed by atoms with van der Waals surface area (Å²) in [5.74, 6) is -1.76. The first-order valence-electron chi connectivity index (χ1n) is 5.45. The number of hydrogen-bond donors (Lipinski definition) is 0. The van der Waals surface area contributed by atoms with Crippen LogP contribution in [0.25, 0.3) is 0 Å². The molecule has 4 atom stereocenters. The van der Waals surface area contributed by atoms with Crippen molar-refractivity contribution >= 4 is 11.9 Å². The fourth-order valence-corrected chi connectivity index (χ4v) is 1.61. The van der Waals surface area contributed by atoms with E-state index in [0.29, 0.717) is 0 Å². The molecule has 1 rings (SSSR count). The van der Waals surface area contributed by atoms with Crippen molar-refractivity contribution in [2.45, 2.75) is 44.9 Å². The molecule has 0 aromatic carbocycles. The average Bonchev–Trinajstić information content (AvgIpc) is 2.24. The minimum Gasteiger partial charge on any atom is -0.456 e. The van der Waals surface area contributed by atoms with Crippen LogP contribution in [0.5, 0.6) is 0 Å². The van der Waals surface area contributed by atoms with Crippen molar-refractivity contribution in [1.29, 1.82) is 0 Å². The van der Waals surface area contributed by atoms with E-state index in [0.717, 1.165) is 13.8 Å². The van der Waals surface area contributed by atoms with Crippen LogP contribution >= 0.6 is 0 Å². The molecule has 1 fully saturated rings. The number of halogens is 4. The van der Waals surface area contributed by atoms with Gasteiger partial charge < -0.3 is 14.2 Å². The van der Waals surface area contributed by atoms with Gasteiger partial charge in [0.15, 0.2) is 18.4 Å². The van der Waals surface area contributed by atoms with Gasteiger partial charge in [0, 0.05) is 13.8 Å². The minimum atomic E-state index is -5.12. The van der Waals surface area contributed by atoms with Gasteiger partial charge in [0.05, 0.1) is 6.61 Å². The SMILES string of the molecule is CC(=O)OC1COC(OC(F)(F)F)C(F)C1OC(C)=O. The highest BCUT2D eigenvalue weighted by molar-refractivity contribution is 5.67. The summed E-state index contributed by atoms with van der Waals surface area (Å²) in [4.78, 5) is 21.7. The van der Waals surface area contributed by atoms with Crippen LogP contribution in [0.15, 0.2) is 0 Å². The van der Waals surface area contributed by atoms with Gasteiger partial charge >= 0.3 is 18.3 Å². The molecule has 20 heavy (non-hydrogen) atoms. The minimum absolute atomic E-state index is 0.599. The topological polar surface area (TPSA) is 71.1 Å². The predicted molar refractivity (Wildman–Crippen MR) is 52.9 cm³/mol. The Hall–Kier alpha value is -1.42. The Kier molecular flexibility index (Phi) is 5.28. The first-order valence-corrected chi connectivity index (χ1v) is 5.45. The van der Waals surface area contributed by atoms with E-state index in [4.69, 9.17) is 0 Å². The molecule has 6 nitrogen and oxygen atoms in total. The zero-order valence-electron chi connectivity index (χ0n) is 10.5. The molecule has 1 heterocycles. The van der Waals surface area contributed by atoms with Gasteiger partial charge in [0.1, 0.15) is 0 Å². The molecule has 0 amide bonds. The lowest BCUT2D eigenvalue weighted by Crippen LogP contribution is -2.55. The maximum Gasteiger partial charge on any atom is 0.524 e. The lowest BCUT2D eigenvalue weighted by molar-refractivity contribution is -0.401. The number of ether oxygens (including phenoxy) is 4. The summed E-state index contributed by atoms with van der Waals surface area (Å²) < 4.78 is 67.1. The molecule has 1 aliphatic rings. The summed E-state index contributed by atoms with van der Waals surface area (Å²) in [6.45, 7) is 1.35. The molecule has 0 aromatic rings. The fourth-order valence-electron chi connectivity index (χ4n) is 1.61. The molecule has 1 aliphatic heterocycles. The number of carbonyl (C=O) groups excluding carboxylic acids is 2. The third-order valence-corrected chi connectivity index (χ3v) is 2.23. The summed E-state index contributed by atoms with van der Waals surface area (Å²) in [5.41, 5.74) is 0. The van der Waals surface area contributed by atoms with Crippen LogP contribution in [0.2, 0.25) is 0 Å². The number of carbonyl (C=O) groups is 2. The first-order chi connectivity index (χ1) is 9.10. The van der Waals surface area contributed by atoms with Crippen molar-refractivity contribution in [1.82, 2.24) is 0 Å². The molecule has 0 spiro atoms. The van der Waals surface area contributed by atoms with Crippen molar-refractivity contribution in [3.05, 3.63) is 0 Å². The van der Waals surface area contributed by atoms with E-state index in [1.165, 1.54) is 0 Å². The van der Waals surface area contributed by atoms with Gasteiger partial charge in [-0.2, -0.15) is 0 Å². The Morgan fingerprint density at radius 1 is 1.15 bits per heavy atom. The van der Waals surface area contributed by atoms with Crippen LogP contribution in [0.3, 0.4) is 0 Å². The van der Waals surface area contributed by atoms with Crippen LogP contribution < -0.4 is 0 Å². The number of alkyl halides is 4. The van der Waals surface area contributed by atoms with E-state index in [9.17, 15) is 27.2 Å². The van der Waals surface area contributed by atoms with Crippen molar-refractivity contribution < 1.29 is 46.1 Å². The predicted octanol–water partition coefficient (Wildman–Crippen LogP) is 1.08. The van der Waals surface area contributed by atoms with Gasteiger partial charge in [-0.1, -0.05) is 0 Å². The van der Waals surface area contributed by atoms with Crippen molar-refractivity contribution in [3.8, 4) is 0 Å². The molecule has 0 radical (unpaired) electrons. The van der Waals surface area contributed by atoms with E-state index >= 15 is 0 Å². The summed E-state index contributed by atoms with van der Waals surface area (Å²) >= 11 is 0. The summed E-state index contributed by atoms with van der Waals surface area (Å²) in [6.07, 6.45) is -13.0. The molecule has 116 valence electrons. The molecule has 10 heteroatoms. The second kappa shape index (κ2) is 6.35. The average molecular weight is 304 g/mol. The van der Waals surface area contributed by atoms with Crippen LogP contribution in [0.4, 0.5) is 17.6 Å². The quantitative estimate of drug-likeness (QED) is 0.574.